The van der Waals surface area contributed by atoms with Gasteiger partial charge in [0, 0.05) is 28.9 Å². The number of hydrogen-bond donors (Lipinski definition) is 2. The van der Waals surface area contributed by atoms with Gasteiger partial charge in [0.15, 0.2) is 0 Å². The lowest BCUT2D eigenvalue weighted by Crippen LogP contribution is -2.07. The molecule has 154 valence electrons. The van der Waals surface area contributed by atoms with E-state index in [1.54, 1.807) is 6.21 Å². The van der Waals surface area contributed by atoms with Crippen molar-refractivity contribution in [2.24, 2.45) is 4.99 Å². The molecule has 6 nitrogen and oxygen atoms in total. The molecule has 0 unspecified atom stereocenters. The highest BCUT2D eigenvalue weighted by Crippen LogP contribution is 2.24. The van der Waals surface area contributed by atoms with Gasteiger partial charge in [0.2, 0.25) is 0 Å². The van der Waals surface area contributed by atoms with E-state index < -0.39 is 11.9 Å². The molecule has 0 aliphatic heterocycles. The average Bonchev–Trinajstić information content (AvgIpc) is 2.99. The second-order valence-electron chi connectivity index (χ2n) is 7.55. The zero-order valence-corrected chi connectivity index (χ0v) is 17.4. The molecule has 0 spiro atoms. The third kappa shape index (κ3) is 4.33. The Balaban J connectivity index is 2.00. The lowest BCUT2D eigenvalue weighted by Gasteiger charge is -2.12. The number of rotatable bonds is 6. The summed E-state index contributed by atoms with van der Waals surface area (Å²) in [5.74, 6) is -1.89. The number of carboxylic acids is 2. The number of aromatic nitrogens is 1. The van der Waals surface area contributed by atoms with Crippen molar-refractivity contribution in [3.8, 4) is 5.69 Å². The molecule has 0 saturated heterocycles. The number of hydrogen-bond acceptors (Lipinski definition) is 3. The fourth-order valence-electron chi connectivity index (χ4n) is 3.39. The largest absolute Gasteiger partial charge is 0.478 e. The van der Waals surface area contributed by atoms with Gasteiger partial charge in [0.1, 0.15) is 0 Å². The Hall–Kier alpha value is -3.67. The number of aromatic carboxylic acids is 2. The summed E-state index contributed by atoms with van der Waals surface area (Å²) in [5, 5.41) is 18.7. The molecule has 3 rings (SSSR count). The number of aliphatic imine (C=N–C) groups is 1. The lowest BCUT2D eigenvalue weighted by atomic mass is 10.0. The van der Waals surface area contributed by atoms with Crippen LogP contribution in [0, 0.1) is 13.8 Å². The molecule has 0 radical (unpaired) electrons. The van der Waals surface area contributed by atoms with E-state index in [0.29, 0.717) is 11.6 Å². The fraction of sp³-hybridized carbons (Fsp3) is 0.208. The minimum atomic E-state index is -1.17. The van der Waals surface area contributed by atoms with Crippen LogP contribution >= 0.6 is 0 Å². The van der Waals surface area contributed by atoms with Crippen molar-refractivity contribution in [1.82, 2.24) is 4.57 Å². The highest BCUT2D eigenvalue weighted by atomic mass is 16.4. The summed E-state index contributed by atoms with van der Waals surface area (Å²) < 4.78 is 1.84. The van der Waals surface area contributed by atoms with Gasteiger partial charge in [-0.1, -0.05) is 26.0 Å². The maximum Gasteiger partial charge on any atom is 0.335 e. The molecule has 2 N–H and O–H groups in total. The van der Waals surface area contributed by atoms with E-state index in [2.05, 4.69) is 31.0 Å². The van der Waals surface area contributed by atoms with Crippen molar-refractivity contribution in [2.75, 3.05) is 0 Å². The molecule has 0 amide bonds. The van der Waals surface area contributed by atoms with Crippen LogP contribution in [0.3, 0.4) is 0 Å². The van der Waals surface area contributed by atoms with Crippen LogP contribution in [0.25, 0.3) is 5.69 Å². The Labute approximate surface area is 175 Å². The Morgan fingerprint density at radius 3 is 2.00 bits per heavy atom. The van der Waals surface area contributed by atoms with Gasteiger partial charge in [0.05, 0.1) is 16.8 Å². The highest BCUT2D eigenvalue weighted by molar-refractivity contribution is 5.95. The standard InChI is InChI=1S/C24H24N2O4/c1-14(2)17-5-7-21(8-6-17)25-13-20-9-15(3)26(16(20)4)22-11-18(23(27)28)10-19(12-22)24(29)30/h5-14H,1-4H3,(H,27,28)(H,29,30). The second-order valence-corrected chi connectivity index (χ2v) is 7.55. The number of aryl methyl sites for hydroxylation is 1. The molecule has 0 aliphatic carbocycles. The predicted octanol–water partition coefficient (Wildman–Crippen LogP) is 5.36. The van der Waals surface area contributed by atoms with Gasteiger partial charge in [-0.15, -0.1) is 0 Å². The maximum atomic E-state index is 11.4. The first kappa shape index (κ1) is 21.0. The molecule has 2 aromatic carbocycles. The van der Waals surface area contributed by atoms with Crippen molar-refractivity contribution >= 4 is 23.8 Å². The van der Waals surface area contributed by atoms with Gasteiger partial charge < -0.3 is 14.8 Å². The van der Waals surface area contributed by atoms with Crippen LogP contribution in [0.5, 0.6) is 0 Å². The predicted molar refractivity (Wildman–Crippen MR) is 117 cm³/mol. The smallest absolute Gasteiger partial charge is 0.335 e. The van der Waals surface area contributed by atoms with E-state index in [1.165, 1.54) is 17.7 Å². The lowest BCUT2D eigenvalue weighted by molar-refractivity contribution is 0.0696. The molecule has 0 saturated carbocycles. The van der Waals surface area contributed by atoms with E-state index in [9.17, 15) is 19.8 Å². The molecule has 0 fully saturated rings. The molecule has 1 heterocycles. The first-order valence-electron chi connectivity index (χ1n) is 9.62. The molecule has 30 heavy (non-hydrogen) atoms. The van der Waals surface area contributed by atoms with Crippen LogP contribution in [0.1, 0.15) is 63.0 Å². The molecule has 0 aliphatic rings. The minimum Gasteiger partial charge on any atom is -0.478 e. The zero-order chi connectivity index (χ0) is 22.0. The highest BCUT2D eigenvalue weighted by Gasteiger charge is 2.16. The maximum absolute atomic E-state index is 11.4. The minimum absolute atomic E-state index is 0.0714. The van der Waals surface area contributed by atoms with Crippen LogP contribution in [-0.2, 0) is 0 Å². The number of carboxylic acid groups (broad SMARTS) is 2. The van der Waals surface area contributed by atoms with E-state index in [0.717, 1.165) is 28.7 Å². The van der Waals surface area contributed by atoms with Gasteiger partial charge in [-0.25, -0.2) is 9.59 Å². The summed E-state index contributed by atoms with van der Waals surface area (Å²) in [7, 11) is 0. The van der Waals surface area contributed by atoms with E-state index in [-0.39, 0.29) is 11.1 Å². The van der Waals surface area contributed by atoms with E-state index >= 15 is 0 Å². The topological polar surface area (TPSA) is 91.9 Å². The summed E-state index contributed by atoms with van der Waals surface area (Å²) in [4.78, 5) is 27.4. The summed E-state index contributed by atoms with van der Waals surface area (Å²) >= 11 is 0. The van der Waals surface area contributed by atoms with Crippen molar-refractivity contribution in [3.05, 3.63) is 82.2 Å². The zero-order valence-electron chi connectivity index (χ0n) is 17.4. The van der Waals surface area contributed by atoms with Gasteiger partial charge in [-0.05, 0) is 61.7 Å². The molecule has 0 bridgehead atoms. The third-order valence-electron chi connectivity index (χ3n) is 5.05. The van der Waals surface area contributed by atoms with Crippen molar-refractivity contribution < 1.29 is 19.8 Å². The van der Waals surface area contributed by atoms with Crippen molar-refractivity contribution in [2.45, 2.75) is 33.6 Å². The van der Waals surface area contributed by atoms with Crippen molar-refractivity contribution in [1.29, 1.82) is 0 Å². The van der Waals surface area contributed by atoms with E-state index in [1.807, 2.05) is 36.6 Å². The first-order valence-corrected chi connectivity index (χ1v) is 9.62. The molecule has 0 atom stereocenters. The summed E-state index contributed by atoms with van der Waals surface area (Å²) in [5.41, 5.74) is 5.00. The van der Waals surface area contributed by atoms with Crippen LogP contribution in [0.2, 0.25) is 0 Å². The SMILES string of the molecule is Cc1cc(C=Nc2ccc(C(C)C)cc2)c(C)n1-c1cc(C(=O)O)cc(C(=O)O)c1. The number of benzene rings is 2. The van der Waals surface area contributed by atoms with Crippen LogP contribution < -0.4 is 0 Å². The summed E-state index contributed by atoms with van der Waals surface area (Å²) in [6.45, 7) is 8.06. The fourth-order valence-corrected chi connectivity index (χ4v) is 3.39. The Morgan fingerprint density at radius 2 is 1.50 bits per heavy atom. The Kier molecular flexibility index (Phi) is 5.87. The molecule has 6 heteroatoms. The Bertz CT molecular complexity index is 1110. The van der Waals surface area contributed by atoms with Crippen LogP contribution in [0.15, 0.2) is 53.5 Å². The normalized spacial score (nSPS) is 11.4. The quantitative estimate of drug-likeness (QED) is 0.541. The third-order valence-corrected chi connectivity index (χ3v) is 5.05. The van der Waals surface area contributed by atoms with Crippen LogP contribution in [-0.4, -0.2) is 32.9 Å². The molecule has 3 aromatic rings. The van der Waals surface area contributed by atoms with Gasteiger partial charge >= 0.3 is 11.9 Å². The molecule has 1 aromatic heterocycles. The summed E-state index contributed by atoms with van der Waals surface area (Å²) in [6.07, 6.45) is 1.77. The average molecular weight is 404 g/mol. The van der Waals surface area contributed by atoms with Crippen molar-refractivity contribution in [3.63, 3.8) is 0 Å². The van der Waals surface area contributed by atoms with Crippen LogP contribution in [0.4, 0.5) is 5.69 Å². The first-order chi connectivity index (χ1) is 14.2. The van der Waals surface area contributed by atoms with Gasteiger partial charge in [0.25, 0.3) is 0 Å². The Morgan fingerprint density at radius 1 is 0.933 bits per heavy atom. The molecular formula is C24H24N2O4. The number of nitrogens with zero attached hydrogens (tertiary/aromatic N) is 2. The second kappa shape index (κ2) is 8.37. The summed E-state index contributed by atoms with van der Waals surface area (Å²) in [6, 6.07) is 14.1. The number of carbonyl (C=O) groups is 2. The monoisotopic (exact) mass is 404 g/mol. The van der Waals surface area contributed by atoms with Gasteiger partial charge in [-0.2, -0.15) is 0 Å². The van der Waals surface area contributed by atoms with E-state index in [4.69, 9.17) is 0 Å². The van der Waals surface area contributed by atoms with Gasteiger partial charge in [-0.3, -0.25) is 4.99 Å². The molecular weight excluding hydrogens is 380 g/mol.